The molecule has 0 saturated carbocycles. The molecule has 2 bridgehead atoms. The van der Waals surface area contributed by atoms with Crippen molar-refractivity contribution in [3.05, 3.63) is 0 Å². The fourth-order valence-corrected chi connectivity index (χ4v) is 1.70. The van der Waals surface area contributed by atoms with Crippen LogP contribution in [-0.2, 0) is 19.0 Å². The molecule has 2 aliphatic heterocycles. The number of ether oxygens (including phenoxy) is 3. The van der Waals surface area contributed by atoms with Crippen LogP contribution in [0.15, 0.2) is 0 Å². The Morgan fingerprint density at radius 3 is 2.79 bits per heavy atom. The van der Waals surface area contributed by atoms with E-state index in [2.05, 4.69) is 0 Å². The molecule has 0 aliphatic carbocycles. The van der Waals surface area contributed by atoms with Crippen molar-refractivity contribution in [2.24, 2.45) is 0 Å². The number of fused-ring (bicyclic) bond motifs is 2. The van der Waals surface area contributed by atoms with E-state index in [1.165, 1.54) is 6.92 Å². The molecular formula is C8H12O6. The molecule has 0 spiro atoms. The van der Waals surface area contributed by atoms with E-state index in [0.717, 1.165) is 0 Å². The summed E-state index contributed by atoms with van der Waals surface area (Å²) in [5.74, 6) is -0.518. The lowest BCUT2D eigenvalue weighted by Gasteiger charge is -2.34. The third-order valence-electron chi connectivity index (χ3n) is 2.37. The van der Waals surface area contributed by atoms with Gasteiger partial charge in [-0.3, -0.25) is 4.79 Å². The van der Waals surface area contributed by atoms with Crippen LogP contribution >= 0.6 is 0 Å². The number of carbonyl (C=O) groups is 1. The van der Waals surface area contributed by atoms with Crippen molar-refractivity contribution in [1.29, 1.82) is 0 Å². The maximum absolute atomic E-state index is 10.7. The largest absolute Gasteiger partial charge is 0.457 e. The third kappa shape index (κ3) is 1.50. The van der Waals surface area contributed by atoms with Crippen LogP contribution in [0.3, 0.4) is 0 Å². The molecule has 0 aromatic heterocycles. The predicted octanol–water partition coefficient (Wildman–Crippen LogP) is -1.60. The maximum atomic E-state index is 10.7. The van der Waals surface area contributed by atoms with Gasteiger partial charge in [-0.1, -0.05) is 0 Å². The van der Waals surface area contributed by atoms with Gasteiger partial charge in [-0.25, -0.2) is 0 Å². The first kappa shape index (κ1) is 9.85. The molecule has 6 heteroatoms. The van der Waals surface area contributed by atoms with E-state index in [0.29, 0.717) is 0 Å². The van der Waals surface area contributed by atoms with Gasteiger partial charge in [0.15, 0.2) is 12.4 Å². The van der Waals surface area contributed by atoms with Crippen LogP contribution in [0.4, 0.5) is 0 Å². The minimum atomic E-state index is -1.17. The zero-order valence-corrected chi connectivity index (χ0v) is 7.62. The lowest BCUT2D eigenvalue weighted by molar-refractivity contribution is -0.235. The van der Waals surface area contributed by atoms with Gasteiger partial charge >= 0.3 is 5.97 Å². The van der Waals surface area contributed by atoms with Crippen LogP contribution in [-0.4, -0.2) is 53.5 Å². The standard InChI is InChI=1S/C8H12O6/c1-3(9)13-7-4-2-12-8(14-4)6(11)5(7)10/h4-8,10-11H,2H2,1H3/t4-,5+,6-,7-,8-/m1/s1. The molecule has 14 heavy (non-hydrogen) atoms. The van der Waals surface area contributed by atoms with E-state index >= 15 is 0 Å². The van der Waals surface area contributed by atoms with Gasteiger partial charge in [0.25, 0.3) is 0 Å². The molecule has 2 heterocycles. The summed E-state index contributed by atoms with van der Waals surface area (Å²) in [5.41, 5.74) is 0. The molecule has 80 valence electrons. The molecular weight excluding hydrogens is 192 g/mol. The van der Waals surface area contributed by atoms with Crippen molar-refractivity contribution in [3.63, 3.8) is 0 Å². The van der Waals surface area contributed by atoms with Crippen LogP contribution in [0.25, 0.3) is 0 Å². The van der Waals surface area contributed by atoms with Crippen LogP contribution in [0, 0.1) is 0 Å². The highest BCUT2D eigenvalue weighted by molar-refractivity contribution is 5.66. The Balaban J connectivity index is 2.10. The second-order valence-corrected chi connectivity index (χ2v) is 3.43. The quantitative estimate of drug-likeness (QED) is 0.500. The summed E-state index contributed by atoms with van der Waals surface area (Å²) in [4.78, 5) is 10.7. The number of aliphatic hydroxyl groups is 2. The zero-order chi connectivity index (χ0) is 10.3. The van der Waals surface area contributed by atoms with E-state index in [1.54, 1.807) is 0 Å². The van der Waals surface area contributed by atoms with E-state index < -0.39 is 36.7 Å². The van der Waals surface area contributed by atoms with Gasteiger partial charge in [0.05, 0.1) is 6.61 Å². The van der Waals surface area contributed by atoms with Gasteiger partial charge in [0, 0.05) is 6.92 Å². The smallest absolute Gasteiger partial charge is 0.303 e. The van der Waals surface area contributed by atoms with Gasteiger partial charge < -0.3 is 24.4 Å². The second kappa shape index (κ2) is 3.47. The predicted molar refractivity (Wildman–Crippen MR) is 42.2 cm³/mol. The molecule has 0 aromatic rings. The topological polar surface area (TPSA) is 85.2 Å². The number of aliphatic hydroxyl groups excluding tert-OH is 2. The van der Waals surface area contributed by atoms with Gasteiger partial charge in [-0.15, -0.1) is 0 Å². The van der Waals surface area contributed by atoms with Crippen molar-refractivity contribution >= 4 is 5.97 Å². The average molecular weight is 204 g/mol. The molecule has 0 amide bonds. The molecule has 2 N–H and O–H groups in total. The minimum absolute atomic E-state index is 0.219. The number of carbonyl (C=O) groups excluding carboxylic acids is 1. The number of hydrogen-bond acceptors (Lipinski definition) is 6. The number of hydrogen-bond donors (Lipinski definition) is 2. The molecule has 2 fully saturated rings. The monoisotopic (exact) mass is 204 g/mol. The van der Waals surface area contributed by atoms with Gasteiger partial charge in [0.1, 0.15) is 18.3 Å². The fourth-order valence-electron chi connectivity index (χ4n) is 1.70. The zero-order valence-electron chi connectivity index (χ0n) is 7.62. The van der Waals surface area contributed by atoms with Crippen LogP contribution in [0.2, 0.25) is 0 Å². The van der Waals surface area contributed by atoms with Crippen molar-refractivity contribution in [3.8, 4) is 0 Å². The highest BCUT2D eigenvalue weighted by Gasteiger charge is 2.51. The van der Waals surface area contributed by atoms with Crippen LogP contribution < -0.4 is 0 Å². The summed E-state index contributed by atoms with van der Waals surface area (Å²) in [6.45, 7) is 1.46. The summed E-state index contributed by atoms with van der Waals surface area (Å²) in [5, 5.41) is 19.0. The highest BCUT2D eigenvalue weighted by atomic mass is 16.7. The summed E-state index contributed by atoms with van der Waals surface area (Å²) < 4.78 is 15.1. The van der Waals surface area contributed by atoms with Crippen molar-refractivity contribution in [2.75, 3.05) is 6.61 Å². The summed E-state index contributed by atoms with van der Waals surface area (Å²) >= 11 is 0. The lowest BCUT2D eigenvalue weighted by atomic mass is 10.0. The first-order chi connectivity index (χ1) is 6.59. The Morgan fingerprint density at radius 2 is 2.14 bits per heavy atom. The summed E-state index contributed by atoms with van der Waals surface area (Å²) in [6.07, 6.45) is -4.45. The average Bonchev–Trinajstić information content (AvgIpc) is 2.55. The maximum Gasteiger partial charge on any atom is 0.303 e. The van der Waals surface area contributed by atoms with Crippen molar-refractivity contribution < 1.29 is 29.2 Å². The first-order valence-corrected chi connectivity index (χ1v) is 4.40. The van der Waals surface area contributed by atoms with Crippen LogP contribution in [0.5, 0.6) is 0 Å². The van der Waals surface area contributed by atoms with Crippen molar-refractivity contribution in [2.45, 2.75) is 37.6 Å². The minimum Gasteiger partial charge on any atom is -0.457 e. The summed E-state index contributed by atoms with van der Waals surface area (Å²) in [6, 6.07) is 0. The molecule has 0 unspecified atom stereocenters. The van der Waals surface area contributed by atoms with Crippen LogP contribution in [0.1, 0.15) is 6.92 Å². The lowest BCUT2D eigenvalue weighted by Crippen LogP contribution is -2.55. The van der Waals surface area contributed by atoms with E-state index in [4.69, 9.17) is 14.2 Å². The van der Waals surface area contributed by atoms with Crippen molar-refractivity contribution in [1.82, 2.24) is 0 Å². The van der Waals surface area contributed by atoms with Gasteiger partial charge in [0.2, 0.25) is 0 Å². The Labute approximate surface area is 80.4 Å². The van der Waals surface area contributed by atoms with E-state index in [1.807, 2.05) is 0 Å². The van der Waals surface area contributed by atoms with E-state index in [9.17, 15) is 15.0 Å². The molecule has 0 aromatic carbocycles. The molecule has 5 atom stereocenters. The Morgan fingerprint density at radius 1 is 1.43 bits per heavy atom. The number of rotatable bonds is 1. The first-order valence-electron chi connectivity index (χ1n) is 4.40. The summed E-state index contributed by atoms with van der Waals surface area (Å²) in [7, 11) is 0. The molecule has 2 aliphatic rings. The third-order valence-corrected chi connectivity index (χ3v) is 2.37. The highest BCUT2D eigenvalue weighted by Crippen LogP contribution is 2.29. The molecule has 2 saturated heterocycles. The van der Waals surface area contributed by atoms with E-state index in [-0.39, 0.29) is 6.61 Å². The molecule has 0 radical (unpaired) electrons. The fraction of sp³-hybridized carbons (Fsp3) is 0.875. The normalized spacial score (nSPS) is 46.4. The SMILES string of the molecule is CC(=O)O[C@H]1[C@@H](O)[C@@H](O)[C@@H]2OC[C@H]1O2. The number of esters is 1. The van der Waals surface area contributed by atoms with Gasteiger partial charge in [-0.2, -0.15) is 0 Å². The Kier molecular flexibility index (Phi) is 2.44. The van der Waals surface area contributed by atoms with Gasteiger partial charge in [-0.05, 0) is 0 Å². The Bertz CT molecular complexity index is 242. The second-order valence-electron chi connectivity index (χ2n) is 3.43. The molecule has 6 nitrogen and oxygen atoms in total. The Hall–Kier alpha value is -0.690. The molecule has 2 rings (SSSR count).